The molecule has 116 valence electrons. The van der Waals surface area contributed by atoms with E-state index in [0.717, 1.165) is 12.0 Å². The molecule has 6 heteroatoms. The van der Waals surface area contributed by atoms with Crippen LogP contribution < -0.4 is 0 Å². The number of nitrogens with zero attached hydrogens (tertiary/aromatic N) is 4. The van der Waals surface area contributed by atoms with Crippen molar-refractivity contribution >= 4 is 5.91 Å². The van der Waals surface area contributed by atoms with Gasteiger partial charge < -0.3 is 10.0 Å². The molecule has 1 N–H and O–H groups in total. The van der Waals surface area contributed by atoms with Gasteiger partial charge in [-0.05, 0) is 32.4 Å². The molecule has 2 heterocycles. The maximum atomic E-state index is 13.0. The van der Waals surface area contributed by atoms with Crippen LogP contribution in [0.3, 0.4) is 0 Å². The first-order valence-corrected chi connectivity index (χ1v) is 7.49. The summed E-state index contributed by atoms with van der Waals surface area (Å²) in [5.41, 5.74) is 2.30. The standard InChI is InChI=1S/C16H20N4O2/c1-11-3-4-15(20-17-5-6-18-20)14(7-11)16(22)19-9-13(10-21)8-12(19)2/h3-7,12-13,21H,8-10H2,1-2H3/t12-,13+/m0/s1. The average Bonchev–Trinajstić information content (AvgIpc) is 3.15. The smallest absolute Gasteiger partial charge is 0.256 e. The van der Waals surface area contributed by atoms with Gasteiger partial charge in [-0.1, -0.05) is 11.6 Å². The predicted molar refractivity (Wildman–Crippen MR) is 81.8 cm³/mol. The SMILES string of the molecule is Cc1ccc(-n2nccn2)c(C(=O)N2C[C@H](CO)C[C@@H]2C)c1. The predicted octanol–water partition coefficient (Wildman–Crippen LogP) is 1.42. The van der Waals surface area contributed by atoms with E-state index in [-0.39, 0.29) is 24.5 Å². The molecule has 6 nitrogen and oxygen atoms in total. The summed E-state index contributed by atoms with van der Waals surface area (Å²) in [5.74, 6) is 0.134. The van der Waals surface area contributed by atoms with E-state index in [2.05, 4.69) is 10.2 Å². The molecule has 1 aliphatic rings. The van der Waals surface area contributed by atoms with Crippen LogP contribution in [0.25, 0.3) is 5.69 Å². The van der Waals surface area contributed by atoms with Gasteiger partial charge in [0.15, 0.2) is 0 Å². The fourth-order valence-electron chi connectivity index (χ4n) is 3.05. The topological polar surface area (TPSA) is 71.2 Å². The third kappa shape index (κ3) is 2.62. The molecule has 0 aliphatic carbocycles. The second-order valence-corrected chi connectivity index (χ2v) is 5.93. The van der Waals surface area contributed by atoms with Crippen LogP contribution in [-0.2, 0) is 0 Å². The van der Waals surface area contributed by atoms with Gasteiger partial charge in [-0.3, -0.25) is 4.79 Å². The maximum Gasteiger partial charge on any atom is 0.256 e. The van der Waals surface area contributed by atoms with Crippen molar-refractivity contribution in [3.63, 3.8) is 0 Å². The molecule has 2 aromatic rings. The lowest BCUT2D eigenvalue weighted by Gasteiger charge is -2.23. The highest BCUT2D eigenvalue weighted by Crippen LogP contribution is 2.26. The van der Waals surface area contributed by atoms with Gasteiger partial charge in [-0.25, -0.2) is 0 Å². The molecule has 1 amide bonds. The zero-order valence-electron chi connectivity index (χ0n) is 12.8. The minimum atomic E-state index is -0.0283. The van der Waals surface area contributed by atoms with Crippen LogP contribution in [0.5, 0.6) is 0 Å². The van der Waals surface area contributed by atoms with Crippen LogP contribution in [0, 0.1) is 12.8 Å². The van der Waals surface area contributed by atoms with Crippen molar-refractivity contribution in [2.45, 2.75) is 26.3 Å². The Labute approximate surface area is 129 Å². The molecule has 0 unspecified atom stereocenters. The van der Waals surface area contributed by atoms with E-state index < -0.39 is 0 Å². The van der Waals surface area contributed by atoms with Crippen molar-refractivity contribution in [2.24, 2.45) is 5.92 Å². The van der Waals surface area contributed by atoms with E-state index in [1.165, 1.54) is 4.80 Å². The highest BCUT2D eigenvalue weighted by molar-refractivity contribution is 5.98. The number of aliphatic hydroxyl groups is 1. The number of likely N-dealkylation sites (tertiary alicyclic amines) is 1. The summed E-state index contributed by atoms with van der Waals surface area (Å²) >= 11 is 0. The summed E-state index contributed by atoms with van der Waals surface area (Å²) in [5, 5.41) is 17.6. The first-order chi connectivity index (χ1) is 10.6. The lowest BCUT2D eigenvalue weighted by atomic mass is 10.1. The molecule has 2 atom stereocenters. The van der Waals surface area contributed by atoms with E-state index in [4.69, 9.17) is 0 Å². The molecule has 0 spiro atoms. The first-order valence-electron chi connectivity index (χ1n) is 7.49. The molecule has 1 saturated heterocycles. The fraction of sp³-hybridized carbons (Fsp3) is 0.438. The van der Waals surface area contributed by atoms with Crippen LogP contribution in [0.2, 0.25) is 0 Å². The third-order valence-corrected chi connectivity index (χ3v) is 4.20. The van der Waals surface area contributed by atoms with Gasteiger partial charge in [0.25, 0.3) is 5.91 Å². The van der Waals surface area contributed by atoms with Crippen molar-refractivity contribution in [1.29, 1.82) is 0 Å². The summed E-state index contributed by atoms with van der Waals surface area (Å²) in [6.07, 6.45) is 4.02. The van der Waals surface area contributed by atoms with Crippen LogP contribution in [-0.4, -0.2) is 50.1 Å². The Kier molecular flexibility index (Phi) is 3.94. The van der Waals surface area contributed by atoms with E-state index in [1.807, 2.05) is 36.9 Å². The minimum Gasteiger partial charge on any atom is -0.396 e. The molecule has 1 aliphatic heterocycles. The number of amides is 1. The van der Waals surface area contributed by atoms with Gasteiger partial charge >= 0.3 is 0 Å². The van der Waals surface area contributed by atoms with Gasteiger partial charge in [0.1, 0.15) is 0 Å². The summed E-state index contributed by atoms with van der Waals surface area (Å²) in [6.45, 7) is 4.70. The summed E-state index contributed by atoms with van der Waals surface area (Å²) < 4.78 is 0. The number of carbonyl (C=O) groups is 1. The number of hydrogen-bond donors (Lipinski definition) is 1. The molecule has 0 saturated carbocycles. The van der Waals surface area contributed by atoms with Crippen molar-refractivity contribution in [3.8, 4) is 5.69 Å². The van der Waals surface area contributed by atoms with Crippen LogP contribution >= 0.6 is 0 Å². The Morgan fingerprint density at radius 3 is 2.73 bits per heavy atom. The number of aliphatic hydroxyl groups excluding tert-OH is 1. The van der Waals surface area contributed by atoms with E-state index >= 15 is 0 Å². The highest BCUT2D eigenvalue weighted by atomic mass is 16.3. The molecule has 22 heavy (non-hydrogen) atoms. The van der Waals surface area contributed by atoms with Crippen molar-refractivity contribution in [1.82, 2.24) is 19.9 Å². The largest absolute Gasteiger partial charge is 0.396 e. The Morgan fingerprint density at radius 1 is 1.36 bits per heavy atom. The highest BCUT2D eigenvalue weighted by Gasteiger charge is 2.33. The molecule has 0 radical (unpaired) electrons. The minimum absolute atomic E-state index is 0.0283. The Hall–Kier alpha value is -2.21. The number of benzene rings is 1. The number of hydrogen-bond acceptors (Lipinski definition) is 4. The normalized spacial score (nSPS) is 21.3. The van der Waals surface area contributed by atoms with Gasteiger partial charge in [-0.15, -0.1) is 0 Å². The Morgan fingerprint density at radius 2 is 2.09 bits per heavy atom. The number of aryl methyl sites for hydroxylation is 1. The zero-order valence-corrected chi connectivity index (χ0v) is 12.8. The fourth-order valence-corrected chi connectivity index (χ4v) is 3.05. The summed E-state index contributed by atoms with van der Waals surface area (Å²) in [7, 11) is 0. The van der Waals surface area contributed by atoms with Crippen molar-refractivity contribution in [3.05, 3.63) is 41.7 Å². The van der Waals surface area contributed by atoms with Gasteiger partial charge in [0, 0.05) is 25.1 Å². The lowest BCUT2D eigenvalue weighted by molar-refractivity contribution is 0.0738. The van der Waals surface area contributed by atoms with Gasteiger partial charge in [-0.2, -0.15) is 15.0 Å². The number of carbonyl (C=O) groups excluding carboxylic acids is 1. The van der Waals surface area contributed by atoms with E-state index in [0.29, 0.717) is 17.8 Å². The lowest BCUT2D eigenvalue weighted by Crippen LogP contribution is -2.35. The Balaban J connectivity index is 1.97. The third-order valence-electron chi connectivity index (χ3n) is 4.20. The van der Waals surface area contributed by atoms with Crippen LogP contribution in [0.4, 0.5) is 0 Å². The average molecular weight is 300 g/mol. The van der Waals surface area contributed by atoms with Gasteiger partial charge in [0.2, 0.25) is 0 Å². The molecule has 1 aromatic carbocycles. The maximum absolute atomic E-state index is 13.0. The second-order valence-electron chi connectivity index (χ2n) is 5.93. The molecule has 3 rings (SSSR count). The summed E-state index contributed by atoms with van der Waals surface area (Å²) in [4.78, 5) is 16.3. The molecule has 1 aromatic heterocycles. The molecular weight excluding hydrogens is 280 g/mol. The monoisotopic (exact) mass is 300 g/mol. The molecule has 0 bridgehead atoms. The van der Waals surface area contributed by atoms with Gasteiger partial charge in [0.05, 0.1) is 23.6 Å². The summed E-state index contributed by atoms with van der Waals surface area (Å²) in [6, 6.07) is 5.82. The van der Waals surface area contributed by atoms with Crippen LogP contribution in [0.1, 0.15) is 29.3 Å². The molecular formula is C16H20N4O2. The first kappa shape index (κ1) is 14.7. The number of rotatable bonds is 3. The zero-order chi connectivity index (χ0) is 15.7. The van der Waals surface area contributed by atoms with Crippen molar-refractivity contribution in [2.75, 3.05) is 13.2 Å². The second kappa shape index (κ2) is 5.88. The van der Waals surface area contributed by atoms with Crippen LogP contribution in [0.15, 0.2) is 30.6 Å². The Bertz CT molecular complexity index is 669. The number of aromatic nitrogens is 3. The van der Waals surface area contributed by atoms with E-state index in [1.54, 1.807) is 12.4 Å². The quantitative estimate of drug-likeness (QED) is 0.930. The van der Waals surface area contributed by atoms with E-state index in [9.17, 15) is 9.90 Å². The van der Waals surface area contributed by atoms with Crippen molar-refractivity contribution < 1.29 is 9.90 Å². The molecule has 1 fully saturated rings.